The zero-order chi connectivity index (χ0) is 17.6. The molecule has 5 N–H and O–H groups in total. The van der Waals surface area contributed by atoms with Gasteiger partial charge in [0, 0.05) is 29.6 Å². The third-order valence-corrected chi connectivity index (χ3v) is 2.75. The van der Waals surface area contributed by atoms with Gasteiger partial charge in [0.25, 0.3) is 0 Å². The van der Waals surface area contributed by atoms with E-state index in [4.69, 9.17) is 15.9 Å². The van der Waals surface area contributed by atoms with Gasteiger partial charge in [0.2, 0.25) is 0 Å². The monoisotopic (exact) mass is 321 g/mol. The molecule has 0 saturated carbocycles. The number of fused-ring (bicyclic) bond motifs is 1. The normalized spacial score (nSPS) is 12.0. The number of aliphatic carboxylic acids is 2. The molecule has 1 unspecified atom stereocenters. The lowest BCUT2D eigenvalue weighted by atomic mass is 10.2. The van der Waals surface area contributed by atoms with Gasteiger partial charge < -0.3 is 21.1 Å². The number of benzene rings is 1. The minimum absolute atomic E-state index is 0.0508. The van der Waals surface area contributed by atoms with Crippen molar-refractivity contribution in [2.45, 2.75) is 26.4 Å². The lowest BCUT2D eigenvalue weighted by Crippen LogP contribution is -2.22. The van der Waals surface area contributed by atoms with Crippen LogP contribution in [-0.2, 0) is 16.1 Å². The standard InChI is InChI=1S/C11H15N3O.C4H4O4/c1-7(12)6-14-11-5-9(15)3-4-10(11)8(2)13-14;5-3(6)1-2-4(7)8/h3-5,7,15H,6,12H2,1-2H3;1-2H,(H,5,6)(H,7,8)/b;2-1+. The molecule has 1 aromatic carbocycles. The van der Waals surface area contributed by atoms with Crippen LogP contribution in [0.4, 0.5) is 0 Å². The van der Waals surface area contributed by atoms with Gasteiger partial charge in [-0.05, 0) is 26.0 Å². The Balaban J connectivity index is 0.000000284. The van der Waals surface area contributed by atoms with E-state index in [1.54, 1.807) is 12.1 Å². The van der Waals surface area contributed by atoms with Gasteiger partial charge in [-0.3, -0.25) is 4.68 Å². The van der Waals surface area contributed by atoms with Crippen molar-refractivity contribution >= 4 is 22.8 Å². The summed E-state index contributed by atoms with van der Waals surface area (Å²) in [6.45, 7) is 4.55. The first kappa shape index (κ1) is 18.2. The summed E-state index contributed by atoms with van der Waals surface area (Å²) < 4.78 is 1.84. The predicted octanol–water partition coefficient (Wildman–Crippen LogP) is 1.11. The highest BCUT2D eigenvalue weighted by Crippen LogP contribution is 2.22. The number of nitrogens with two attached hydrogens (primary N) is 1. The van der Waals surface area contributed by atoms with Gasteiger partial charge in [-0.1, -0.05) is 0 Å². The largest absolute Gasteiger partial charge is 0.508 e. The van der Waals surface area contributed by atoms with Crippen LogP contribution in [0.3, 0.4) is 0 Å². The zero-order valence-electron chi connectivity index (χ0n) is 12.8. The maximum atomic E-state index is 9.55. The number of aromatic nitrogens is 2. The number of hydrogen-bond donors (Lipinski definition) is 4. The number of carboxylic acid groups (broad SMARTS) is 2. The minimum atomic E-state index is -1.26. The highest BCUT2D eigenvalue weighted by Gasteiger charge is 2.08. The Morgan fingerprint density at radius 1 is 1.30 bits per heavy atom. The molecule has 124 valence electrons. The third-order valence-electron chi connectivity index (χ3n) is 2.75. The quantitative estimate of drug-likeness (QED) is 0.618. The van der Waals surface area contributed by atoms with Gasteiger partial charge in [0.15, 0.2) is 0 Å². The molecule has 8 nitrogen and oxygen atoms in total. The van der Waals surface area contributed by atoms with Crippen molar-refractivity contribution in [3.8, 4) is 5.75 Å². The number of aryl methyl sites for hydroxylation is 1. The summed E-state index contributed by atoms with van der Waals surface area (Å²) >= 11 is 0. The molecule has 0 spiro atoms. The van der Waals surface area contributed by atoms with Gasteiger partial charge in [-0.25, -0.2) is 9.59 Å². The van der Waals surface area contributed by atoms with Crippen LogP contribution >= 0.6 is 0 Å². The fourth-order valence-electron chi connectivity index (χ4n) is 1.88. The first-order valence-corrected chi connectivity index (χ1v) is 6.76. The van der Waals surface area contributed by atoms with E-state index in [1.165, 1.54) is 0 Å². The molecule has 0 aliphatic heterocycles. The fourth-order valence-corrected chi connectivity index (χ4v) is 1.88. The smallest absolute Gasteiger partial charge is 0.328 e. The molecule has 2 rings (SSSR count). The molecular formula is C15H19N3O5. The zero-order valence-corrected chi connectivity index (χ0v) is 12.8. The van der Waals surface area contributed by atoms with Crippen LogP contribution in [0.5, 0.6) is 5.75 Å². The Hall–Kier alpha value is -2.87. The number of aromatic hydroxyl groups is 1. The van der Waals surface area contributed by atoms with E-state index in [-0.39, 0.29) is 11.8 Å². The number of phenolic OH excluding ortho intramolecular Hbond substituents is 1. The van der Waals surface area contributed by atoms with Crippen LogP contribution in [0.2, 0.25) is 0 Å². The summed E-state index contributed by atoms with van der Waals surface area (Å²) in [5, 5.41) is 30.5. The Labute approximate surface area is 132 Å². The molecular weight excluding hydrogens is 302 g/mol. The number of hydrogen-bond acceptors (Lipinski definition) is 5. The van der Waals surface area contributed by atoms with E-state index in [0.717, 1.165) is 16.6 Å². The molecule has 1 heterocycles. The second-order valence-corrected chi connectivity index (χ2v) is 4.96. The van der Waals surface area contributed by atoms with Gasteiger partial charge in [0.05, 0.1) is 17.8 Å². The average molecular weight is 321 g/mol. The lowest BCUT2D eigenvalue weighted by molar-refractivity contribution is -0.134. The molecule has 0 radical (unpaired) electrons. The molecule has 0 aliphatic carbocycles. The van der Waals surface area contributed by atoms with E-state index < -0.39 is 11.9 Å². The van der Waals surface area contributed by atoms with E-state index >= 15 is 0 Å². The summed E-state index contributed by atoms with van der Waals surface area (Å²) in [4.78, 5) is 19.1. The topological polar surface area (TPSA) is 139 Å². The van der Waals surface area contributed by atoms with Crippen LogP contribution in [0.1, 0.15) is 12.6 Å². The molecule has 1 aromatic heterocycles. The number of carbonyl (C=O) groups is 2. The number of carboxylic acids is 2. The second kappa shape index (κ2) is 7.95. The maximum absolute atomic E-state index is 9.55. The molecule has 8 heteroatoms. The van der Waals surface area contributed by atoms with Crippen LogP contribution in [0.25, 0.3) is 10.9 Å². The molecule has 1 atom stereocenters. The van der Waals surface area contributed by atoms with Crippen molar-refractivity contribution < 1.29 is 24.9 Å². The summed E-state index contributed by atoms with van der Waals surface area (Å²) in [5.41, 5.74) is 7.64. The molecule has 23 heavy (non-hydrogen) atoms. The Morgan fingerprint density at radius 3 is 2.35 bits per heavy atom. The van der Waals surface area contributed by atoms with E-state index in [2.05, 4.69) is 5.10 Å². The van der Waals surface area contributed by atoms with Crippen LogP contribution in [-0.4, -0.2) is 43.1 Å². The Kier molecular flexibility index (Phi) is 6.28. The summed E-state index contributed by atoms with van der Waals surface area (Å²) in [6, 6.07) is 5.32. The SMILES string of the molecule is Cc1nn(CC(C)N)c2cc(O)ccc12.O=C(O)/C=C/C(=O)O. The van der Waals surface area contributed by atoms with E-state index in [0.29, 0.717) is 18.7 Å². The van der Waals surface area contributed by atoms with Crippen molar-refractivity contribution in [3.63, 3.8) is 0 Å². The summed E-state index contributed by atoms with van der Waals surface area (Å²) in [6.07, 6.45) is 1.12. The molecule has 0 bridgehead atoms. The summed E-state index contributed by atoms with van der Waals surface area (Å²) in [7, 11) is 0. The fraction of sp³-hybridized carbons (Fsp3) is 0.267. The van der Waals surface area contributed by atoms with Crippen molar-refractivity contribution in [2.24, 2.45) is 5.73 Å². The number of rotatable bonds is 4. The van der Waals surface area contributed by atoms with Gasteiger partial charge in [0.1, 0.15) is 5.75 Å². The van der Waals surface area contributed by atoms with Crippen molar-refractivity contribution in [2.75, 3.05) is 0 Å². The first-order chi connectivity index (χ1) is 10.7. The van der Waals surface area contributed by atoms with Crippen molar-refractivity contribution in [1.82, 2.24) is 9.78 Å². The predicted molar refractivity (Wildman–Crippen MR) is 84.2 cm³/mol. The van der Waals surface area contributed by atoms with Gasteiger partial charge in [-0.2, -0.15) is 5.10 Å². The summed E-state index contributed by atoms with van der Waals surface area (Å²) in [5.74, 6) is -2.26. The second-order valence-electron chi connectivity index (χ2n) is 4.96. The highest BCUT2D eigenvalue weighted by molar-refractivity contribution is 5.89. The maximum Gasteiger partial charge on any atom is 0.328 e. The molecule has 0 saturated heterocycles. The average Bonchev–Trinajstić information content (AvgIpc) is 2.72. The van der Waals surface area contributed by atoms with Gasteiger partial charge >= 0.3 is 11.9 Å². The third kappa shape index (κ3) is 5.79. The molecule has 0 aliphatic rings. The first-order valence-electron chi connectivity index (χ1n) is 6.76. The molecule has 0 fully saturated rings. The van der Waals surface area contributed by atoms with Crippen molar-refractivity contribution in [1.29, 1.82) is 0 Å². The number of nitrogens with zero attached hydrogens (tertiary/aromatic N) is 2. The van der Waals surface area contributed by atoms with Crippen LogP contribution in [0.15, 0.2) is 30.4 Å². The highest BCUT2D eigenvalue weighted by atomic mass is 16.4. The lowest BCUT2D eigenvalue weighted by Gasteiger charge is -2.06. The Morgan fingerprint density at radius 2 is 1.87 bits per heavy atom. The number of phenols is 1. The van der Waals surface area contributed by atoms with Crippen LogP contribution < -0.4 is 5.73 Å². The Bertz CT molecular complexity index is 718. The van der Waals surface area contributed by atoms with Crippen molar-refractivity contribution in [3.05, 3.63) is 36.0 Å². The van der Waals surface area contributed by atoms with E-state index in [9.17, 15) is 14.7 Å². The molecule has 0 amide bonds. The minimum Gasteiger partial charge on any atom is -0.508 e. The van der Waals surface area contributed by atoms with Crippen LogP contribution in [0, 0.1) is 6.92 Å². The van der Waals surface area contributed by atoms with E-state index in [1.807, 2.05) is 24.6 Å². The van der Waals surface area contributed by atoms with Gasteiger partial charge in [-0.15, -0.1) is 0 Å². The molecule has 2 aromatic rings.